The zero-order valence-electron chi connectivity index (χ0n) is 22.9. The van der Waals surface area contributed by atoms with Crippen molar-refractivity contribution >= 4 is 46.1 Å². The van der Waals surface area contributed by atoms with E-state index in [9.17, 15) is 19.5 Å². The molecule has 214 valence electrons. The summed E-state index contributed by atoms with van der Waals surface area (Å²) in [5.41, 5.74) is 0.900. The highest BCUT2D eigenvalue weighted by atomic mass is 32.2. The number of fused-ring (bicyclic) bond motifs is 1. The Labute approximate surface area is 239 Å². The van der Waals surface area contributed by atoms with E-state index in [-0.39, 0.29) is 17.1 Å². The van der Waals surface area contributed by atoms with Crippen molar-refractivity contribution in [3.05, 3.63) is 40.3 Å². The second-order valence-corrected chi connectivity index (χ2v) is 12.3. The number of hydrogen-bond acceptors (Lipinski definition) is 11. The number of anilines is 1. The summed E-state index contributed by atoms with van der Waals surface area (Å²) in [6.07, 6.45) is -0.0494. The van der Waals surface area contributed by atoms with Crippen LogP contribution in [-0.4, -0.2) is 59.8 Å². The summed E-state index contributed by atoms with van der Waals surface area (Å²) in [6, 6.07) is 6.83. The van der Waals surface area contributed by atoms with Gasteiger partial charge in [0.15, 0.2) is 5.95 Å². The van der Waals surface area contributed by atoms with Gasteiger partial charge in [0.05, 0.1) is 36.8 Å². The van der Waals surface area contributed by atoms with E-state index in [1.54, 1.807) is 64.0 Å². The van der Waals surface area contributed by atoms with Crippen LogP contribution in [0.1, 0.15) is 48.5 Å². The van der Waals surface area contributed by atoms with Crippen molar-refractivity contribution in [2.75, 3.05) is 26.1 Å². The minimum absolute atomic E-state index is 0.111. The molecule has 3 heterocycles. The number of carbonyl (C=O) groups excluding carboxylic acids is 3. The molecule has 2 aromatic heterocycles. The van der Waals surface area contributed by atoms with Gasteiger partial charge in [-0.25, -0.2) is 9.59 Å². The number of nitrogens with zero attached hydrogens (tertiary/aromatic N) is 3. The number of aromatic nitrogens is 2. The summed E-state index contributed by atoms with van der Waals surface area (Å²) < 4.78 is 21.8. The first kappa shape index (κ1) is 29.2. The van der Waals surface area contributed by atoms with E-state index in [2.05, 4.69) is 10.6 Å². The molecule has 1 N–H and O–H groups in total. The van der Waals surface area contributed by atoms with Gasteiger partial charge in [-0.2, -0.15) is 0 Å². The molecule has 0 spiro atoms. The number of hydrogen-bond donors (Lipinski definition) is 1. The molecule has 1 aliphatic heterocycles. The maximum atomic E-state index is 13.2. The summed E-state index contributed by atoms with van der Waals surface area (Å²) >= 11 is 2.17. The second kappa shape index (κ2) is 11.8. The van der Waals surface area contributed by atoms with Crippen molar-refractivity contribution in [1.82, 2.24) is 10.2 Å². The van der Waals surface area contributed by atoms with Gasteiger partial charge in [0.25, 0.3) is 5.03 Å². The van der Waals surface area contributed by atoms with Crippen LogP contribution in [0.4, 0.5) is 9.80 Å². The molecule has 12 nitrogen and oxygen atoms in total. The average Bonchev–Trinajstić information content (AvgIpc) is 3.46. The first-order valence-corrected chi connectivity index (χ1v) is 14.0. The lowest BCUT2D eigenvalue weighted by Gasteiger charge is -2.30. The molecule has 1 unspecified atom stereocenters. The fourth-order valence-electron chi connectivity index (χ4n) is 3.95. The molecule has 2 amide bonds. The molecule has 0 bridgehead atoms. The van der Waals surface area contributed by atoms with Crippen LogP contribution in [0.25, 0.3) is 5.69 Å². The molecule has 0 saturated heterocycles. The van der Waals surface area contributed by atoms with E-state index >= 15 is 0 Å². The number of rotatable bonds is 7. The fourth-order valence-corrected chi connectivity index (χ4v) is 6.08. The minimum Gasteiger partial charge on any atom is -0.538 e. The quantitative estimate of drug-likeness (QED) is 0.247. The monoisotopic (exact) mass is 590 g/mol. The zero-order chi connectivity index (χ0) is 29.2. The molecule has 4 rings (SSSR count). The Morgan fingerprint density at radius 1 is 1.23 bits per heavy atom. The molecular formula is C26H30N4O8S2. The highest BCUT2D eigenvalue weighted by Gasteiger charge is 2.34. The number of thiophene rings is 1. The Kier molecular flexibility index (Phi) is 8.59. The number of ether oxygens (including phenoxy) is 3. The highest BCUT2D eigenvalue weighted by Crippen LogP contribution is 2.38. The number of carbonyl (C=O) groups is 3. The number of esters is 1. The van der Waals surface area contributed by atoms with Gasteiger partial charge in [0, 0.05) is 23.6 Å². The smallest absolute Gasteiger partial charge is 0.410 e. The Morgan fingerprint density at radius 3 is 2.55 bits per heavy atom. The lowest BCUT2D eigenvalue weighted by Crippen LogP contribution is -2.39. The van der Waals surface area contributed by atoms with Crippen LogP contribution in [0.5, 0.6) is 11.7 Å². The third-order valence-corrected chi connectivity index (χ3v) is 8.14. The van der Waals surface area contributed by atoms with Gasteiger partial charge in [0.2, 0.25) is 11.6 Å². The standard InChI is InChI=1S/C26H30N4O8S2/c1-14(39-22-24(33)38-28-30(22)15-7-9-16(35-5)10-8-15)20(31)27-21-19(23(32)36-6)17-11-12-29(13-18(17)40-21)25(34)37-26(2,3)4/h7-10,14H,11-13H2,1-6H3,(H-,27,28,31,32,33). The third kappa shape index (κ3) is 6.33. The molecule has 0 fully saturated rings. The predicted molar refractivity (Wildman–Crippen MR) is 144 cm³/mol. The molecule has 0 aliphatic carbocycles. The number of benzene rings is 1. The maximum Gasteiger partial charge on any atom is 0.410 e. The summed E-state index contributed by atoms with van der Waals surface area (Å²) in [5.74, 6) is -1.09. The topological polar surface area (TPSA) is 147 Å². The summed E-state index contributed by atoms with van der Waals surface area (Å²) in [4.78, 5) is 40.9. The van der Waals surface area contributed by atoms with E-state index in [1.165, 1.54) is 23.1 Å². The Balaban J connectivity index is 1.53. The van der Waals surface area contributed by atoms with Crippen LogP contribution in [-0.2, 0) is 27.2 Å². The maximum absolute atomic E-state index is 13.2. The molecule has 40 heavy (non-hydrogen) atoms. The van der Waals surface area contributed by atoms with Gasteiger partial charge in [-0.05, 0) is 68.3 Å². The van der Waals surface area contributed by atoms with Crippen LogP contribution in [0.2, 0.25) is 0 Å². The molecule has 0 saturated carbocycles. The van der Waals surface area contributed by atoms with Crippen molar-refractivity contribution in [2.24, 2.45) is 0 Å². The van der Waals surface area contributed by atoms with Crippen molar-refractivity contribution in [2.45, 2.75) is 56.5 Å². The molecule has 14 heteroatoms. The van der Waals surface area contributed by atoms with Gasteiger partial charge >= 0.3 is 12.1 Å². The second-order valence-electron chi connectivity index (χ2n) is 9.88. The van der Waals surface area contributed by atoms with Gasteiger partial charge in [-0.1, -0.05) is 0 Å². The molecule has 1 aromatic carbocycles. The van der Waals surface area contributed by atoms with Crippen LogP contribution >= 0.6 is 23.1 Å². The molecule has 1 atom stereocenters. The number of methoxy groups -OCH3 is 2. The first-order chi connectivity index (χ1) is 18.9. The van der Waals surface area contributed by atoms with Crippen molar-refractivity contribution in [3.8, 4) is 17.4 Å². The van der Waals surface area contributed by atoms with Gasteiger partial charge < -0.3 is 34.1 Å². The van der Waals surface area contributed by atoms with E-state index in [0.29, 0.717) is 29.4 Å². The van der Waals surface area contributed by atoms with Gasteiger partial charge in [-0.3, -0.25) is 4.79 Å². The lowest BCUT2D eigenvalue weighted by molar-refractivity contribution is -0.705. The zero-order valence-corrected chi connectivity index (χ0v) is 24.6. The van der Waals surface area contributed by atoms with E-state index in [0.717, 1.165) is 22.2 Å². The van der Waals surface area contributed by atoms with Crippen LogP contribution in [0.15, 0.2) is 33.8 Å². The SMILES string of the molecule is COC(=O)c1c(NC(=O)C(C)Sc2c([O-])on[n+]2-c2ccc(OC)cc2)sc2c1CCN(C(=O)OC(C)(C)C)C2. The number of nitrogens with one attached hydrogen (secondary N) is 1. The first-order valence-electron chi connectivity index (χ1n) is 12.3. The molecular weight excluding hydrogens is 560 g/mol. The highest BCUT2D eigenvalue weighted by molar-refractivity contribution is 8.00. The number of thioether (sulfide) groups is 1. The number of amides is 2. The average molecular weight is 591 g/mol. The largest absolute Gasteiger partial charge is 0.538 e. The van der Waals surface area contributed by atoms with Crippen molar-refractivity contribution < 1.29 is 42.9 Å². The van der Waals surface area contributed by atoms with Crippen molar-refractivity contribution in [3.63, 3.8) is 0 Å². The lowest BCUT2D eigenvalue weighted by atomic mass is 10.0. The molecule has 0 radical (unpaired) electrons. The Bertz CT molecular complexity index is 1410. The van der Waals surface area contributed by atoms with Gasteiger partial charge in [0.1, 0.15) is 16.4 Å². The normalized spacial score (nSPS) is 13.8. The third-order valence-electron chi connectivity index (χ3n) is 5.88. The Morgan fingerprint density at radius 2 is 1.93 bits per heavy atom. The molecule has 1 aliphatic rings. The Hall–Kier alpha value is -3.78. The molecule has 3 aromatic rings. The van der Waals surface area contributed by atoms with E-state index in [1.807, 2.05) is 0 Å². The van der Waals surface area contributed by atoms with Crippen LogP contribution in [0.3, 0.4) is 0 Å². The van der Waals surface area contributed by atoms with Gasteiger partial charge in [-0.15, -0.1) is 11.3 Å². The summed E-state index contributed by atoms with van der Waals surface area (Å²) in [5, 5.41) is 18.7. The van der Waals surface area contributed by atoms with Crippen LogP contribution < -0.4 is 19.8 Å². The van der Waals surface area contributed by atoms with E-state index < -0.39 is 34.8 Å². The predicted octanol–water partition coefficient (Wildman–Crippen LogP) is 3.29. The van der Waals surface area contributed by atoms with E-state index in [4.69, 9.17) is 18.7 Å². The fraction of sp³-hybridized carbons (Fsp3) is 0.423. The summed E-state index contributed by atoms with van der Waals surface area (Å²) in [6.45, 7) is 7.60. The minimum atomic E-state index is -0.764. The van der Waals surface area contributed by atoms with Crippen LogP contribution in [0, 0.1) is 0 Å². The van der Waals surface area contributed by atoms with Crippen molar-refractivity contribution in [1.29, 1.82) is 0 Å². The summed E-state index contributed by atoms with van der Waals surface area (Å²) in [7, 11) is 2.81.